The van der Waals surface area contributed by atoms with Crippen LogP contribution in [0.4, 0.5) is 5.69 Å². The first kappa shape index (κ1) is 16.5. The highest BCUT2D eigenvalue weighted by atomic mass is 16.5. The predicted molar refractivity (Wildman–Crippen MR) is 82.0 cm³/mol. The monoisotopic (exact) mass is 278 g/mol. The van der Waals surface area contributed by atoms with E-state index in [1.165, 1.54) is 19.3 Å². The Morgan fingerprint density at radius 1 is 1.15 bits per heavy atom. The van der Waals surface area contributed by atoms with Crippen LogP contribution in [0.2, 0.25) is 0 Å². The minimum absolute atomic E-state index is 0.0607. The predicted octanol–water partition coefficient (Wildman–Crippen LogP) is 4.17. The number of nitrogens with zero attached hydrogens (tertiary/aromatic N) is 1. The second kappa shape index (κ2) is 10.2. The molecule has 0 aromatic carbocycles. The zero-order chi connectivity index (χ0) is 14.6. The molecule has 1 heterocycles. The number of ether oxygens (including phenoxy) is 1. The standard InChI is InChI=1S/C16H26N2O2/c1-3-5-6-7-8-9-15(19)18-14-10-11-16(17-13-14)20-12-4-2/h10-11,13H,3-9,12H2,1-2H3,(H,18,19). The van der Waals surface area contributed by atoms with Gasteiger partial charge in [-0.15, -0.1) is 0 Å². The number of carbonyl (C=O) groups is 1. The second-order valence-electron chi connectivity index (χ2n) is 4.95. The fourth-order valence-electron chi connectivity index (χ4n) is 1.86. The van der Waals surface area contributed by atoms with Crippen molar-refractivity contribution < 1.29 is 9.53 Å². The Balaban J connectivity index is 2.24. The fourth-order valence-corrected chi connectivity index (χ4v) is 1.86. The van der Waals surface area contributed by atoms with E-state index in [0.29, 0.717) is 18.9 Å². The number of hydrogen-bond donors (Lipinski definition) is 1. The Morgan fingerprint density at radius 2 is 1.95 bits per heavy atom. The largest absolute Gasteiger partial charge is 0.478 e. The number of carbonyl (C=O) groups excluding carboxylic acids is 1. The molecule has 1 aromatic rings. The number of anilines is 1. The smallest absolute Gasteiger partial charge is 0.224 e. The lowest BCUT2D eigenvalue weighted by Crippen LogP contribution is -2.11. The Hall–Kier alpha value is -1.58. The lowest BCUT2D eigenvalue weighted by atomic mass is 10.1. The maximum Gasteiger partial charge on any atom is 0.224 e. The quantitative estimate of drug-likeness (QED) is 0.653. The first-order valence-corrected chi connectivity index (χ1v) is 7.65. The van der Waals surface area contributed by atoms with Crippen molar-refractivity contribution in [1.29, 1.82) is 0 Å². The molecule has 0 saturated heterocycles. The molecule has 112 valence electrons. The number of rotatable bonds is 10. The third-order valence-corrected chi connectivity index (χ3v) is 2.98. The number of hydrogen-bond acceptors (Lipinski definition) is 3. The third-order valence-electron chi connectivity index (χ3n) is 2.98. The Labute approximate surface area is 121 Å². The lowest BCUT2D eigenvalue weighted by molar-refractivity contribution is -0.116. The van der Waals surface area contributed by atoms with Crippen LogP contribution in [0.5, 0.6) is 5.88 Å². The van der Waals surface area contributed by atoms with Gasteiger partial charge in [0.2, 0.25) is 11.8 Å². The molecule has 1 rings (SSSR count). The van der Waals surface area contributed by atoms with E-state index in [-0.39, 0.29) is 5.91 Å². The van der Waals surface area contributed by atoms with Crippen molar-refractivity contribution >= 4 is 11.6 Å². The van der Waals surface area contributed by atoms with Crippen molar-refractivity contribution in [3.05, 3.63) is 18.3 Å². The average Bonchev–Trinajstić information content (AvgIpc) is 2.46. The molecule has 20 heavy (non-hydrogen) atoms. The van der Waals surface area contributed by atoms with Crippen LogP contribution >= 0.6 is 0 Å². The van der Waals surface area contributed by atoms with Gasteiger partial charge in [-0.05, 0) is 18.9 Å². The zero-order valence-electron chi connectivity index (χ0n) is 12.7. The maximum atomic E-state index is 11.7. The molecule has 1 aromatic heterocycles. The molecule has 0 atom stereocenters. The Kier molecular flexibility index (Phi) is 8.43. The van der Waals surface area contributed by atoms with Gasteiger partial charge in [-0.25, -0.2) is 4.98 Å². The summed E-state index contributed by atoms with van der Waals surface area (Å²) in [5.41, 5.74) is 0.729. The van der Waals surface area contributed by atoms with Crippen LogP contribution in [0.25, 0.3) is 0 Å². The number of unbranched alkanes of at least 4 members (excludes halogenated alkanes) is 4. The van der Waals surface area contributed by atoms with Gasteiger partial charge < -0.3 is 10.1 Å². The lowest BCUT2D eigenvalue weighted by Gasteiger charge is -2.06. The summed E-state index contributed by atoms with van der Waals surface area (Å²) in [7, 11) is 0. The van der Waals surface area contributed by atoms with E-state index in [1.807, 2.05) is 6.07 Å². The number of pyridine rings is 1. The van der Waals surface area contributed by atoms with E-state index >= 15 is 0 Å². The van der Waals surface area contributed by atoms with Gasteiger partial charge in [-0.1, -0.05) is 39.5 Å². The van der Waals surface area contributed by atoms with Crippen molar-refractivity contribution in [2.24, 2.45) is 0 Å². The van der Waals surface area contributed by atoms with Crippen molar-refractivity contribution in [2.75, 3.05) is 11.9 Å². The first-order valence-electron chi connectivity index (χ1n) is 7.65. The average molecular weight is 278 g/mol. The first-order chi connectivity index (χ1) is 9.76. The van der Waals surface area contributed by atoms with Gasteiger partial charge in [0.1, 0.15) is 0 Å². The molecule has 1 amide bonds. The molecule has 0 bridgehead atoms. The minimum atomic E-state index is 0.0607. The summed E-state index contributed by atoms with van der Waals surface area (Å²) >= 11 is 0. The van der Waals surface area contributed by atoms with Crippen LogP contribution in [-0.4, -0.2) is 17.5 Å². The summed E-state index contributed by atoms with van der Waals surface area (Å²) in [6.45, 7) is 4.90. The van der Waals surface area contributed by atoms with Gasteiger partial charge in [0.25, 0.3) is 0 Å². The summed E-state index contributed by atoms with van der Waals surface area (Å²) in [6.07, 6.45) is 8.96. The van der Waals surface area contributed by atoms with Crippen molar-refractivity contribution in [2.45, 2.75) is 58.8 Å². The van der Waals surface area contributed by atoms with Crippen molar-refractivity contribution in [1.82, 2.24) is 4.98 Å². The second-order valence-corrected chi connectivity index (χ2v) is 4.95. The van der Waals surface area contributed by atoms with E-state index < -0.39 is 0 Å². The number of aromatic nitrogens is 1. The Morgan fingerprint density at radius 3 is 2.60 bits per heavy atom. The minimum Gasteiger partial charge on any atom is -0.478 e. The Bertz CT molecular complexity index is 377. The van der Waals surface area contributed by atoms with Gasteiger partial charge in [-0.3, -0.25) is 4.79 Å². The number of nitrogens with one attached hydrogen (secondary N) is 1. The van der Waals surface area contributed by atoms with E-state index in [2.05, 4.69) is 24.1 Å². The third kappa shape index (κ3) is 7.12. The molecule has 0 radical (unpaired) electrons. The van der Waals surface area contributed by atoms with Gasteiger partial charge in [0.15, 0.2) is 0 Å². The van der Waals surface area contributed by atoms with E-state index in [9.17, 15) is 4.79 Å². The van der Waals surface area contributed by atoms with Crippen LogP contribution in [0, 0.1) is 0 Å². The van der Waals surface area contributed by atoms with E-state index in [0.717, 1.165) is 24.9 Å². The molecule has 4 heteroatoms. The van der Waals surface area contributed by atoms with Crippen molar-refractivity contribution in [3.8, 4) is 5.88 Å². The van der Waals surface area contributed by atoms with Crippen LogP contribution < -0.4 is 10.1 Å². The highest BCUT2D eigenvalue weighted by Gasteiger charge is 2.03. The molecule has 0 spiro atoms. The summed E-state index contributed by atoms with van der Waals surface area (Å²) in [5.74, 6) is 0.662. The molecule has 0 saturated carbocycles. The van der Waals surface area contributed by atoms with Crippen LogP contribution in [-0.2, 0) is 4.79 Å². The molecular weight excluding hydrogens is 252 g/mol. The molecule has 1 N–H and O–H groups in total. The van der Waals surface area contributed by atoms with Crippen LogP contribution in [0.3, 0.4) is 0 Å². The molecule has 4 nitrogen and oxygen atoms in total. The fraction of sp³-hybridized carbons (Fsp3) is 0.625. The maximum absolute atomic E-state index is 11.7. The molecule has 0 aliphatic carbocycles. The molecular formula is C16H26N2O2. The van der Waals surface area contributed by atoms with Gasteiger partial charge in [-0.2, -0.15) is 0 Å². The van der Waals surface area contributed by atoms with Crippen molar-refractivity contribution in [3.63, 3.8) is 0 Å². The van der Waals surface area contributed by atoms with Gasteiger partial charge >= 0.3 is 0 Å². The molecule has 0 fully saturated rings. The van der Waals surface area contributed by atoms with Crippen LogP contribution in [0.15, 0.2) is 18.3 Å². The number of amides is 1. The zero-order valence-corrected chi connectivity index (χ0v) is 12.7. The van der Waals surface area contributed by atoms with Gasteiger partial charge in [0, 0.05) is 12.5 Å². The van der Waals surface area contributed by atoms with E-state index in [4.69, 9.17) is 4.74 Å². The highest BCUT2D eigenvalue weighted by molar-refractivity contribution is 5.90. The molecule has 0 aliphatic heterocycles. The van der Waals surface area contributed by atoms with Gasteiger partial charge in [0.05, 0.1) is 18.5 Å². The summed E-state index contributed by atoms with van der Waals surface area (Å²) in [5, 5.41) is 2.86. The summed E-state index contributed by atoms with van der Waals surface area (Å²) < 4.78 is 5.39. The normalized spacial score (nSPS) is 10.3. The highest BCUT2D eigenvalue weighted by Crippen LogP contribution is 2.13. The topological polar surface area (TPSA) is 51.2 Å². The van der Waals surface area contributed by atoms with E-state index in [1.54, 1.807) is 12.3 Å². The van der Waals surface area contributed by atoms with Crippen LogP contribution in [0.1, 0.15) is 58.8 Å². The summed E-state index contributed by atoms with van der Waals surface area (Å²) in [6, 6.07) is 3.61. The SMILES string of the molecule is CCCCCCCC(=O)Nc1ccc(OCCC)nc1. The summed E-state index contributed by atoms with van der Waals surface area (Å²) in [4.78, 5) is 15.9. The molecule has 0 unspecified atom stereocenters. The molecule has 0 aliphatic rings.